The number of aromatic nitrogens is 1. The molecule has 2 heterocycles. The third-order valence-corrected chi connectivity index (χ3v) is 2.84. The minimum Gasteiger partial charge on any atom is -0.460 e. The lowest BCUT2D eigenvalue weighted by Crippen LogP contribution is -2.60. The zero-order valence-electron chi connectivity index (χ0n) is 13.2. The van der Waals surface area contributed by atoms with E-state index in [9.17, 15) is 9.59 Å². The summed E-state index contributed by atoms with van der Waals surface area (Å²) in [6, 6.07) is 0.304. The summed E-state index contributed by atoms with van der Waals surface area (Å²) in [5.74, 6) is -0.467. The van der Waals surface area contributed by atoms with Gasteiger partial charge in [-0.2, -0.15) is 0 Å². The van der Waals surface area contributed by atoms with Crippen molar-refractivity contribution in [3.8, 4) is 0 Å². The van der Waals surface area contributed by atoms with Crippen LogP contribution in [-0.2, 0) is 9.47 Å². The second kappa shape index (κ2) is 6.25. The second-order valence-electron chi connectivity index (χ2n) is 5.98. The van der Waals surface area contributed by atoms with Crippen molar-refractivity contribution in [1.82, 2.24) is 10.3 Å². The topological polar surface area (TPSA) is 93.9 Å². The van der Waals surface area contributed by atoms with E-state index in [-0.39, 0.29) is 18.4 Å². The standard InChI is InChI=1S/C14H21N3O5/c1-5-20-11(18)10-6-15-12(21-10)17-7-9(8-17)16-13(19)22-14(2,3)4/h6,9H,5,7-8H2,1-4H3,(H,16,19). The van der Waals surface area contributed by atoms with Gasteiger partial charge in [0.2, 0.25) is 5.76 Å². The van der Waals surface area contributed by atoms with Crippen LogP contribution in [0.5, 0.6) is 0 Å². The number of nitrogens with one attached hydrogen (secondary N) is 1. The summed E-state index contributed by atoms with van der Waals surface area (Å²) in [4.78, 5) is 28.9. The number of amides is 1. The van der Waals surface area contributed by atoms with E-state index in [0.29, 0.717) is 19.1 Å². The maximum atomic E-state index is 11.6. The minimum atomic E-state index is -0.537. The van der Waals surface area contributed by atoms with Crippen molar-refractivity contribution in [2.45, 2.75) is 39.3 Å². The maximum Gasteiger partial charge on any atom is 0.407 e. The molecule has 122 valence electrons. The molecule has 0 bridgehead atoms. The van der Waals surface area contributed by atoms with E-state index in [1.165, 1.54) is 6.20 Å². The van der Waals surface area contributed by atoms with Crippen molar-refractivity contribution in [2.75, 3.05) is 24.6 Å². The molecule has 1 aromatic rings. The number of nitrogens with zero attached hydrogens (tertiary/aromatic N) is 2. The molecule has 0 unspecified atom stereocenters. The molecular formula is C14H21N3O5. The third-order valence-electron chi connectivity index (χ3n) is 2.84. The smallest absolute Gasteiger partial charge is 0.407 e. The van der Waals surface area contributed by atoms with Gasteiger partial charge in [-0.1, -0.05) is 0 Å². The van der Waals surface area contributed by atoms with Gasteiger partial charge < -0.3 is 24.1 Å². The zero-order chi connectivity index (χ0) is 16.3. The van der Waals surface area contributed by atoms with E-state index in [0.717, 1.165) is 0 Å². The summed E-state index contributed by atoms with van der Waals surface area (Å²) in [5, 5.41) is 2.76. The van der Waals surface area contributed by atoms with Crippen molar-refractivity contribution in [3.63, 3.8) is 0 Å². The lowest BCUT2D eigenvalue weighted by Gasteiger charge is -2.38. The molecule has 2 rings (SSSR count). The Balaban J connectivity index is 1.79. The van der Waals surface area contributed by atoms with Crippen LogP contribution in [0.2, 0.25) is 0 Å². The fraction of sp³-hybridized carbons (Fsp3) is 0.643. The third kappa shape index (κ3) is 4.12. The first-order valence-electron chi connectivity index (χ1n) is 7.16. The quantitative estimate of drug-likeness (QED) is 0.843. The average molecular weight is 311 g/mol. The maximum absolute atomic E-state index is 11.6. The van der Waals surface area contributed by atoms with E-state index in [1.54, 1.807) is 6.92 Å². The summed E-state index contributed by atoms with van der Waals surface area (Å²) < 4.78 is 15.3. The fourth-order valence-corrected chi connectivity index (χ4v) is 1.91. The van der Waals surface area contributed by atoms with Crippen LogP contribution in [0.1, 0.15) is 38.2 Å². The molecule has 8 nitrogen and oxygen atoms in total. The highest BCUT2D eigenvalue weighted by atomic mass is 16.6. The van der Waals surface area contributed by atoms with Crippen molar-refractivity contribution in [1.29, 1.82) is 0 Å². The molecule has 8 heteroatoms. The Labute approximate surface area is 128 Å². The molecule has 0 aromatic carbocycles. The second-order valence-corrected chi connectivity index (χ2v) is 5.98. The zero-order valence-corrected chi connectivity index (χ0v) is 13.2. The lowest BCUT2D eigenvalue weighted by molar-refractivity contribution is 0.0488. The molecule has 0 saturated carbocycles. The van der Waals surface area contributed by atoms with Gasteiger partial charge in [0.1, 0.15) is 5.60 Å². The molecular weight excluding hydrogens is 290 g/mol. The summed E-state index contributed by atoms with van der Waals surface area (Å²) in [5.41, 5.74) is -0.523. The van der Waals surface area contributed by atoms with Crippen LogP contribution in [0, 0.1) is 0 Å². The molecule has 1 fully saturated rings. The van der Waals surface area contributed by atoms with E-state index in [2.05, 4.69) is 10.3 Å². The van der Waals surface area contributed by atoms with Crippen molar-refractivity contribution >= 4 is 18.1 Å². The van der Waals surface area contributed by atoms with Crippen molar-refractivity contribution in [2.24, 2.45) is 0 Å². The van der Waals surface area contributed by atoms with Crippen LogP contribution >= 0.6 is 0 Å². The van der Waals surface area contributed by atoms with Gasteiger partial charge in [-0.25, -0.2) is 14.6 Å². The molecule has 1 saturated heterocycles. The highest BCUT2D eigenvalue weighted by molar-refractivity contribution is 5.86. The Morgan fingerprint density at radius 2 is 2.14 bits per heavy atom. The number of hydrogen-bond acceptors (Lipinski definition) is 7. The van der Waals surface area contributed by atoms with Crippen LogP contribution in [0.3, 0.4) is 0 Å². The number of anilines is 1. The van der Waals surface area contributed by atoms with Gasteiger partial charge in [0.05, 0.1) is 18.8 Å². The largest absolute Gasteiger partial charge is 0.460 e. The highest BCUT2D eigenvalue weighted by Gasteiger charge is 2.32. The van der Waals surface area contributed by atoms with Gasteiger partial charge in [-0.3, -0.25) is 0 Å². The number of ether oxygens (including phenoxy) is 2. The number of oxazole rings is 1. The van der Waals surface area contributed by atoms with Crippen LogP contribution < -0.4 is 10.2 Å². The van der Waals surface area contributed by atoms with Crippen LogP contribution in [0.4, 0.5) is 10.8 Å². The number of esters is 1. The Kier molecular flexibility index (Phi) is 4.58. The molecule has 1 N–H and O–H groups in total. The van der Waals surface area contributed by atoms with E-state index in [4.69, 9.17) is 13.9 Å². The Bertz CT molecular complexity index is 543. The molecule has 0 spiro atoms. The molecule has 0 atom stereocenters. The highest BCUT2D eigenvalue weighted by Crippen LogP contribution is 2.21. The SMILES string of the molecule is CCOC(=O)c1cnc(N2CC(NC(=O)OC(C)(C)C)C2)o1. The van der Waals surface area contributed by atoms with Crippen LogP contribution in [-0.4, -0.2) is 48.4 Å². The van der Waals surface area contributed by atoms with E-state index in [1.807, 2.05) is 25.7 Å². The Morgan fingerprint density at radius 1 is 1.45 bits per heavy atom. The molecule has 0 radical (unpaired) electrons. The van der Waals surface area contributed by atoms with Gasteiger partial charge >= 0.3 is 12.1 Å². The number of hydrogen-bond donors (Lipinski definition) is 1. The molecule has 1 aliphatic heterocycles. The van der Waals surface area contributed by atoms with Gasteiger partial charge in [-0.15, -0.1) is 0 Å². The first kappa shape index (κ1) is 16.1. The van der Waals surface area contributed by atoms with Gasteiger partial charge in [0.25, 0.3) is 6.01 Å². The fourth-order valence-electron chi connectivity index (χ4n) is 1.91. The predicted octanol–water partition coefficient (Wildman–Crippen LogP) is 1.56. The molecule has 22 heavy (non-hydrogen) atoms. The van der Waals surface area contributed by atoms with E-state index >= 15 is 0 Å². The van der Waals surface area contributed by atoms with Gasteiger partial charge in [0, 0.05) is 13.1 Å². The Hall–Kier alpha value is -2.25. The summed E-state index contributed by atoms with van der Waals surface area (Å²) in [6.45, 7) is 8.51. The lowest BCUT2D eigenvalue weighted by atomic mass is 10.1. The summed E-state index contributed by atoms with van der Waals surface area (Å²) >= 11 is 0. The summed E-state index contributed by atoms with van der Waals surface area (Å²) in [6.07, 6.45) is 0.888. The number of rotatable bonds is 4. The predicted molar refractivity (Wildman–Crippen MR) is 77.8 cm³/mol. The van der Waals surface area contributed by atoms with Crippen molar-refractivity contribution in [3.05, 3.63) is 12.0 Å². The first-order valence-corrected chi connectivity index (χ1v) is 7.16. The minimum absolute atomic E-state index is 0.0345. The average Bonchev–Trinajstić information content (AvgIpc) is 2.80. The first-order chi connectivity index (χ1) is 10.3. The van der Waals surface area contributed by atoms with Gasteiger partial charge in [-0.05, 0) is 27.7 Å². The van der Waals surface area contributed by atoms with Crippen LogP contribution in [0.25, 0.3) is 0 Å². The molecule has 0 aliphatic carbocycles. The van der Waals surface area contributed by atoms with Crippen molar-refractivity contribution < 1.29 is 23.5 Å². The monoisotopic (exact) mass is 311 g/mol. The normalized spacial score (nSPS) is 15.2. The molecule has 1 amide bonds. The number of alkyl carbamates (subject to hydrolysis) is 1. The number of carbonyl (C=O) groups is 2. The number of carbonyl (C=O) groups excluding carboxylic acids is 2. The molecule has 1 aliphatic rings. The Morgan fingerprint density at radius 3 is 2.73 bits per heavy atom. The molecule has 1 aromatic heterocycles. The van der Waals surface area contributed by atoms with E-state index < -0.39 is 17.7 Å². The van der Waals surface area contributed by atoms with Crippen LogP contribution in [0.15, 0.2) is 10.6 Å². The van der Waals surface area contributed by atoms with Gasteiger partial charge in [0.15, 0.2) is 0 Å². The summed E-state index contributed by atoms with van der Waals surface area (Å²) in [7, 11) is 0.